The van der Waals surface area contributed by atoms with Crippen molar-refractivity contribution in [3.05, 3.63) is 59.8 Å². The molecule has 0 fully saturated rings. The lowest BCUT2D eigenvalue weighted by Gasteiger charge is -2.31. The van der Waals surface area contributed by atoms with Crippen LogP contribution in [0, 0.1) is 0 Å². The number of hydrogen-bond donors (Lipinski definition) is 1. The Balaban J connectivity index is 1.92. The number of aromatic nitrogens is 1. The number of allylic oxidation sites excluding steroid dienone is 2. The van der Waals surface area contributed by atoms with Crippen LogP contribution in [-0.4, -0.2) is 4.98 Å². The van der Waals surface area contributed by atoms with Crippen molar-refractivity contribution < 1.29 is 0 Å². The first-order chi connectivity index (χ1) is 8.43. The lowest BCUT2D eigenvalue weighted by Crippen LogP contribution is -2.15. The molecule has 5 rings (SSSR count). The molecule has 1 heterocycles. The van der Waals surface area contributed by atoms with E-state index < -0.39 is 0 Å². The molecule has 0 spiro atoms. The Morgan fingerprint density at radius 3 is 2.47 bits per heavy atom. The van der Waals surface area contributed by atoms with Gasteiger partial charge in [-0.2, -0.15) is 0 Å². The third-order valence-corrected chi connectivity index (χ3v) is 4.15. The van der Waals surface area contributed by atoms with E-state index in [1.165, 1.54) is 29.7 Å². The average Bonchev–Trinajstić information content (AvgIpc) is 2.88. The van der Waals surface area contributed by atoms with Crippen LogP contribution in [-0.2, 0) is 0 Å². The maximum absolute atomic E-state index is 3.49. The second-order valence-electron chi connectivity index (χ2n) is 5.07. The lowest BCUT2D eigenvalue weighted by molar-refractivity contribution is 0.558. The Bertz CT molecular complexity index is 577. The van der Waals surface area contributed by atoms with Gasteiger partial charge in [0.1, 0.15) is 0 Å². The Morgan fingerprint density at radius 1 is 0.941 bits per heavy atom. The first kappa shape index (κ1) is 9.29. The molecule has 17 heavy (non-hydrogen) atoms. The minimum atomic E-state index is 0.636. The smallest absolute Gasteiger partial charge is 0.0495 e. The van der Waals surface area contributed by atoms with Gasteiger partial charge < -0.3 is 4.98 Å². The van der Waals surface area contributed by atoms with Crippen LogP contribution in [0.1, 0.15) is 35.8 Å². The van der Waals surface area contributed by atoms with Gasteiger partial charge in [-0.25, -0.2) is 0 Å². The predicted octanol–water partition coefficient (Wildman–Crippen LogP) is 4.21. The summed E-state index contributed by atoms with van der Waals surface area (Å²) in [7, 11) is 0. The summed E-state index contributed by atoms with van der Waals surface area (Å²) in [6.45, 7) is 0. The van der Waals surface area contributed by atoms with Crippen molar-refractivity contribution >= 4 is 0 Å². The molecular weight excluding hydrogens is 206 g/mol. The maximum atomic E-state index is 3.49. The molecule has 2 unspecified atom stereocenters. The Morgan fingerprint density at radius 2 is 1.71 bits per heavy atom. The number of rotatable bonds is 1. The van der Waals surface area contributed by atoms with Crippen molar-refractivity contribution in [2.45, 2.75) is 24.7 Å². The second kappa shape index (κ2) is 3.36. The summed E-state index contributed by atoms with van der Waals surface area (Å²) in [6.07, 6.45) is 9.64. The molecule has 2 bridgehead atoms. The topological polar surface area (TPSA) is 15.8 Å². The number of aromatic amines is 1. The van der Waals surface area contributed by atoms with Gasteiger partial charge in [-0.15, -0.1) is 0 Å². The van der Waals surface area contributed by atoms with Crippen molar-refractivity contribution in [3.8, 4) is 11.3 Å². The van der Waals surface area contributed by atoms with Gasteiger partial charge in [0.05, 0.1) is 0 Å². The summed E-state index contributed by atoms with van der Waals surface area (Å²) in [5.41, 5.74) is 5.73. The first-order valence-corrected chi connectivity index (χ1v) is 6.38. The van der Waals surface area contributed by atoms with E-state index in [0.717, 1.165) is 0 Å². The molecule has 0 aliphatic heterocycles. The van der Waals surface area contributed by atoms with E-state index in [-0.39, 0.29) is 0 Å². The van der Waals surface area contributed by atoms with E-state index in [1.54, 1.807) is 5.56 Å². The quantitative estimate of drug-likeness (QED) is 0.694. The van der Waals surface area contributed by atoms with Crippen molar-refractivity contribution in [3.63, 3.8) is 0 Å². The molecule has 0 saturated carbocycles. The molecule has 1 nitrogen and oxygen atoms in total. The highest BCUT2D eigenvalue weighted by Gasteiger charge is 2.32. The van der Waals surface area contributed by atoms with Gasteiger partial charge in [0.2, 0.25) is 0 Å². The number of nitrogens with one attached hydrogen (secondary N) is 1. The van der Waals surface area contributed by atoms with Crippen LogP contribution in [0.5, 0.6) is 0 Å². The zero-order chi connectivity index (χ0) is 11.2. The minimum absolute atomic E-state index is 0.636. The highest BCUT2D eigenvalue weighted by atomic mass is 14.7. The molecular formula is C16H15N. The SMILES string of the molecule is C1=CC2CCC1c1c[nH]c(-c3ccccc3)c12. The van der Waals surface area contributed by atoms with Gasteiger partial charge in [0, 0.05) is 23.7 Å². The number of benzene rings is 1. The van der Waals surface area contributed by atoms with E-state index in [2.05, 4.69) is 53.7 Å². The third-order valence-electron chi connectivity index (χ3n) is 4.15. The van der Waals surface area contributed by atoms with Crippen LogP contribution >= 0.6 is 0 Å². The van der Waals surface area contributed by atoms with Gasteiger partial charge in [-0.1, -0.05) is 42.5 Å². The van der Waals surface area contributed by atoms with Crippen LogP contribution in [0.15, 0.2) is 48.7 Å². The lowest BCUT2D eigenvalue weighted by atomic mass is 9.72. The summed E-state index contributed by atoms with van der Waals surface area (Å²) < 4.78 is 0. The van der Waals surface area contributed by atoms with E-state index in [9.17, 15) is 0 Å². The highest BCUT2D eigenvalue weighted by Crippen LogP contribution is 2.48. The predicted molar refractivity (Wildman–Crippen MR) is 70.1 cm³/mol. The summed E-state index contributed by atoms with van der Waals surface area (Å²) in [6, 6.07) is 10.7. The third kappa shape index (κ3) is 1.25. The molecule has 84 valence electrons. The Hall–Kier alpha value is -1.76. The van der Waals surface area contributed by atoms with Gasteiger partial charge in [0.25, 0.3) is 0 Å². The molecule has 3 aliphatic carbocycles. The van der Waals surface area contributed by atoms with Crippen molar-refractivity contribution in [2.24, 2.45) is 0 Å². The highest BCUT2D eigenvalue weighted by molar-refractivity contribution is 5.68. The summed E-state index contributed by atoms with van der Waals surface area (Å²) in [5, 5.41) is 0. The summed E-state index contributed by atoms with van der Waals surface area (Å²) >= 11 is 0. The molecule has 1 aromatic carbocycles. The van der Waals surface area contributed by atoms with Crippen LogP contribution in [0.3, 0.4) is 0 Å². The molecule has 2 aromatic rings. The fourth-order valence-corrected chi connectivity index (χ4v) is 3.32. The van der Waals surface area contributed by atoms with E-state index in [1.807, 2.05) is 0 Å². The van der Waals surface area contributed by atoms with Gasteiger partial charge in [0.15, 0.2) is 0 Å². The molecule has 0 radical (unpaired) electrons. The fourth-order valence-electron chi connectivity index (χ4n) is 3.32. The van der Waals surface area contributed by atoms with Crippen LogP contribution in [0.4, 0.5) is 0 Å². The van der Waals surface area contributed by atoms with Crippen molar-refractivity contribution in [1.82, 2.24) is 4.98 Å². The Kier molecular flexibility index (Phi) is 1.84. The first-order valence-electron chi connectivity index (χ1n) is 6.38. The largest absolute Gasteiger partial charge is 0.361 e. The standard InChI is InChI=1S/C16H15N/c1-2-4-13(5-3-1)16-15-12-8-6-11(7-9-12)14(15)10-17-16/h1-6,8,10-12,17H,7,9H2. The molecule has 2 atom stereocenters. The fraction of sp³-hybridized carbons (Fsp3) is 0.250. The minimum Gasteiger partial charge on any atom is -0.361 e. The number of H-pyrrole nitrogens is 1. The van der Waals surface area contributed by atoms with Crippen LogP contribution < -0.4 is 0 Å². The number of fused-ring (bicyclic) bond motifs is 1. The zero-order valence-electron chi connectivity index (χ0n) is 9.69. The number of hydrogen-bond acceptors (Lipinski definition) is 0. The molecule has 0 amide bonds. The van der Waals surface area contributed by atoms with E-state index in [0.29, 0.717) is 11.8 Å². The van der Waals surface area contributed by atoms with Gasteiger partial charge in [-0.3, -0.25) is 0 Å². The molecule has 0 saturated heterocycles. The van der Waals surface area contributed by atoms with E-state index >= 15 is 0 Å². The molecule has 3 aliphatic rings. The second-order valence-corrected chi connectivity index (χ2v) is 5.07. The monoisotopic (exact) mass is 221 g/mol. The molecule has 1 N–H and O–H groups in total. The summed E-state index contributed by atoms with van der Waals surface area (Å²) in [5.74, 6) is 1.29. The molecule has 1 heteroatoms. The van der Waals surface area contributed by atoms with Gasteiger partial charge >= 0.3 is 0 Å². The van der Waals surface area contributed by atoms with Crippen LogP contribution in [0.25, 0.3) is 11.3 Å². The Labute approximate surface area is 101 Å². The molecule has 1 aromatic heterocycles. The summed E-state index contributed by atoms with van der Waals surface area (Å²) in [4.78, 5) is 3.49. The zero-order valence-corrected chi connectivity index (χ0v) is 9.69. The normalized spacial score (nSPS) is 24.9. The van der Waals surface area contributed by atoms with Crippen LogP contribution in [0.2, 0.25) is 0 Å². The van der Waals surface area contributed by atoms with Crippen molar-refractivity contribution in [2.75, 3.05) is 0 Å². The average molecular weight is 221 g/mol. The van der Waals surface area contributed by atoms with E-state index in [4.69, 9.17) is 0 Å². The van der Waals surface area contributed by atoms with Gasteiger partial charge in [-0.05, 0) is 29.5 Å². The van der Waals surface area contributed by atoms with Crippen molar-refractivity contribution in [1.29, 1.82) is 0 Å². The maximum Gasteiger partial charge on any atom is 0.0495 e.